The Bertz CT molecular complexity index is 591. The van der Waals surface area contributed by atoms with Gasteiger partial charge in [-0.05, 0) is 24.3 Å². The molecule has 0 fully saturated rings. The van der Waals surface area contributed by atoms with E-state index in [4.69, 9.17) is 23.2 Å². The number of hydrogen-bond acceptors (Lipinski definition) is 2. The fraction of sp³-hybridized carbons (Fsp3) is 0.143. The standard InChI is InChI=1S/C12H7Cl2NO2.C2H6/c13-8-1-2-10(11(14)4-8)12(17)7-3-9(6-16)15-5-7;1-2/h1-6,15H;1-2H3. The fourth-order valence-electron chi connectivity index (χ4n) is 1.44. The van der Waals surface area contributed by atoms with Crippen molar-refractivity contribution in [2.24, 2.45) is 0 Å². The van der Waals surface area contributed by atoms with Gasteiger partial charge in [-0.3, -0.25) is 9.59 Å². The van der Waals surface area contributed by atoms with Crippen molar-refractivity contribution in [3.05, 3.63) is 57.3 Å². The molecule has 1 N–H and O–H groups in total. The van der Waals surface area contributed by atoms with Crippen LogP contribution in [-0.4, -0.2) is 17.1 Å². The van der Waals surface area contributed by atoms with Gasteiger partial charge in [0.05, 0.1) is 10.7 Å². The Morgan fingerprint density at radius 3 is 2.42 bits per heavy atom. The van der Waals surface area contributed by atoms with Gasteiger partial charge in [0.2, 0.25) is 0 Å². The molecule has 2 aromatic rings. The molecular formula is C14H13Cl2NO2. The van der Waals surface area contributed by atoms with Crippen LogP contribution in [0.4, 0.5) is 0 Å². The summed E-state index contributed by atoms with van der Waals surface area (Å²) in [6, 6.07) is 6.12. The lowest BCUT2D eigenvalue weighted by atomic mass is 10.1. The highest BCUT2D eigenvalue weighted by Crippen LogP contribution is 2.23. The van der Waals surface area contributed by atoms with Gasteiger partial charge < -0.3 is 4.98 Å². The summed E-state index contributed by atoms with van der Waals surface area (Å²) in [6.07, 6.45) is 2.11. The highest BCUT2D eigenvalue weighted by molar-refractivity contribution is 6.37. The number of carbonyl (C=O) groups is 2. The molecule has 0 saturated carbocycles. The molecule has 2 rings (SSSR count). The second-order valence-corrected chi connectivity index (χ2v) is 4.26. The van der Waals surface area contributed by atoms with E-state index in [2.05, 4.69) is 4.98 Å². The van der Waals surface area contributed by atoms with Crippen LogP contribution in [0.1, 0.15) is 40.3 Å². The Hall–Kier alpha value is -1.58. The van der Waals surface area contributed by atoms with Crippen molar-refractivity contribution in [3.8, 4) is 0 Å². The third kappa shape index (κ3) is 3.69. The van der Waals surface area contributed by atoms with Gasteiger partial charge in [-0.2, -0.15) is 0 Å². The molecule has 0 bridgehead atoms. The van der Waals surface area contributed by atoms with Gasteiger partial charge in [-0.25, -0.2) is 0 Å². The maximum absolute atomic E-state index is 12.0. The molecule has 0 aliphatic heterocycles. The van der Waals surface area contributed by atoms with Crippen LogP contribution in [0.25, 0.3) is 0 Å². The molecule has 0 atom stereocenters. The zero-order valence-corrected chi connectivity index (χ0v) is 12.0. The molecule has 1 heterocycles. The summed E-state index contributed by atoms with van der Waals surface area (Å²) in [5.41, 5.74) is 1.09. The van der Waals surface area contributed by atoms with Crippen molar-refractivity contribution in [2.75, 3.05) is 0 Å². The summed E-state index contributed by atoms with van der Waals surface area (Å²) in [7, 11) is 0. The Morgan fingerprint density at radius 2 is 1.89 bits per heavy atom. The molecular weight excluding hydrogens is 285 g/mol. The number of benzene rings is 1. The molecule has 0 radical (unpaired) electrons. The smallest absolute Gasteiger partial charge is 0.196 e. The zero-order valence-electron chi connectivity index (χ0n) is 10.5. The van der Waals surface area contributed by atoms with E-state index in [1.54, 1.807) is 12.1 Å². The first kappa shape index (κ1) is 15.5. The number of ketones is 1. The second kappa shape index (κ2) is 7.12. The Morgan fingerprint density at radius 1 is 1.21 bits per heavy atom. The summed E-state index contributed by atoms with van der Waals surface area (Å²) in [5, 5.41) is 0.755. The van der Waals surface area contributed by atoms with Gasteiger partial charge in [0.1, 0.15) is 0 Å². The topological polar surface area (TPSA) is 49.9 Å². The van der Waals surface area contributed by atoms with E-state index >= 15 is 0 Å². The first-order valence-corrected chi connectivity index (χ1v) is 6.51. The monoisotopic (exact) mass is 297 g/mol. The molecule has 1 aromatic carbocycles. The minimum atomic E-state index is -0.254. The van der Waals surface area contributed by atoms with Crippen LogP contribution < -0.4 is 0 Å². The lowest BCUT2D eigenvalue weighted by Gasteiger charge is -2.01. The van der Waals surface area contributed by atoms with Crippen LogP contribution >= 0.6 is 23.2 Å². The Kier molecular flexibility index (Phi) is 5.80. The molecule has 0 aliphatic rings. The van der Waals surface area contributed by atoms with Gasteiger partial charge >= 0.3 is 0 Å². The van der Waals surface area contributed by atoms with Gasteiger partial charge in [-0.15, -0.1) is 0 Å². The van der Waals surface area contributed by atoms with Crippen molar-refractivity contribution in [1.82, 2.24) is 4.98 Å². The van der Waals surface area contributed by atoms with E-state index in [1.807, 2.05) is 13.8 Å². The number of aromatic amines is 1. The van der Waals surface area contributed by atoms with Crippen molar-refractivity contribution < 1.29 is 9.59 Å². The summed E-state index contributed by atoms with van der Waals surface area (Å²) in [4.78, 5) is 25.2. The average Bonchev–Trinajstić information content (AvgIpc) is 2.89. The lowest BCUT2D eigenvalue weighted by Crippen LogP contribution is -2.00. The first-order valence-electron chi connectivity index (χ1n) is 5.75. The molecule has 0 spiro atoms. The van der Waals surface area contributed by atoms with Crippen LogP contribution in [0.3, 0.4) is 0 Å². The summed E-state index contributed by atoms with van der Waals surface area (Å²) in [5.74, 6) is -0.254. The van der Waals surface area contributed by atoms with Crippen LogP contribution in [0.2, 0.25) is 10.0 Å². The first-order chi connectivity index (χ1) is 9.11. The Labute approximate surface area is 121 Å². The number of hydrogen-bond donors (Lipinski definition) is 1. The molecule has 0 saturated heterocycles. The number of halogens is 2. The average molecular weight is 298 g/mol. The van der Waals surface area contributed by atoms with Crippen molar-refractivity contribution >= 4 is 35.3 Å². The van der Waals surface area contributed by atoms with E-state index < -0.39 is 0 Å². The SMILES string of the molecule is CC.O=Cc1cc(C(=O)c2ccc(Cl)cc2Cl)c[nH]1. The van der Waals surface area contributed by atoms with E-state index in [0.29, 0.717) is 28.1 Å². The molecule has 0 amide bonds. The predicted molar refractivity (Wildman–Crippen MR) is 77.4 cm³/mol. The van der Waals surface area contributed by atoms with Crippen molar-refractivity contribution in [2.45, 2.75) is 13.8 Å². The number of nitrogens with one attached hydrogen (secondary N) is 1. The fourth-order valence-corrected chi connectivity index (χ4v) is 1.93. The van der Waals surface area contributed by atoms with Gasteiger partial charge in [-0.1, -0.05) is 37.0 Å². The highest BCUT2D eigenvalue weighted by atomic mass is 35.5. The molecule has 100 valence electrons. The predicted octanol–water partition coefficient (Wildman–Crippen LogP) is 4.39. The molecule has 19 heavy (non-hydrogen) atoms. The third-order valence-corrected chi connectivity index (χ3v) is 2.82. The van der Waals surface area contributed by atoms with E-state index in [1.165, 1.54) is 18.3 Å². The van der Waals surface area contributed by atoms with Crippen molar-refractivity contribution in [3.63, 3.8) is 0 Å². The molecule has 1 aromatic heterocycles. The van der Waals surface area contributed by atoms with E-state index in [0.717, 1.165) is 0 Å². The number of H-pyrrole nitrogens is 1. The molecule has 0 unspecified atom stereocenters. The van der Waals surface area contributed by atoms with E-state index in [-0.39, 0.29) is 10.8 Å². The number of rotatable bonds is 3. The largest absolute Gasteiger partial charge is 0.358 e. The van der Waals surface area contributed by atoms with E-state index in [9.17, 15) is 9.59 Å². The summed E-state index contributed by atoms with van der Waals surface area (Å²) < 4.78 is 0. The van der Waals surface area contributed by atoms with Crippen molar-refractivity contribution in [1.29, 1.82) is 0 Å². The number of aromatic nitrogens is 1. The summed E-state index contributed by atoms with van der Waals surface area (Å²) in [6.45, 7) is 4.00. The van der Waals surface area contributed by atoms with Gasteiger partial charge in [0.15, 0.2) is 12.1 Å². The lowest BCUT2D eigenvalue weighted by molar-refractivity contribution is 0.103. The maximum Gasteiger partial charge on any atom is 0.196 e. The number of carbonyl (C=O) groups excluding carboxylic acids is 2. The van der Waals surface area contributed by atoms with Gasteiger partial charge in [0.25, 0.3) is 0 Å². The maximum atomic E-state index is 12.0. The highest BCUT2D eigenvalue weighted by Gasteiger charge is 2.14. The Balaban J connectivity index is 0.000000861. The van der Waals surface area contributed by atoms with Crippen LogP contribution in [-0.2, 0) is 0 Å². The quantitative estimate of drug-likeness (QED) is 0.675. The van der Waals surface area contributed by atoms with Crippen LogP contribution in [0.5, 0.6) is 0 Å². The van der Waals surface area contributed by atoms with Crippen LogP contribution in [0.15, 0.2) is 30.5 Å². The van der Waals surface area contributed by atoms with Crippen LogP contribution in [0, 0.1) is 0 Å². The number of aldehydes is 1. The molecule has 0 aliphatic carbocycles. The second-order valence-electron chi connectivity index (χ2n) is 3.41. The molecule has 3 nitrogen and oxygen atoms in total. The minimum absolute atomic E-state index is 0.254. The third-order valence-electron chi connectivity index (χ3n) is 2.27. The minimum Gasteiger partial charge on any atom is -0.358 e. The molecule has 5 heteroatoms. The van der Waals surface area contributed by atoms with Gasteiger partial charge in [0, 0.05) is 22.3 Å². The normalized spacial score (nSPS) is 9.47. The zero-order chi connectivity index (χ0) is 14.4. The summed E-state index contributed by atoms with van der Waals surface area (Å²) >= 11 is 11.7.